The summed E-state index contributed by atoms with van der Waals surface area (Å²) in [4.78, 5) is 0. The highest BCUT2D eigenvalue weighted by atomic mass is 35.5. The first-order chi connectivity index (χ1) is 8.71. The van der Waals surface area contributed by atoms with Crippen molar-refractivity contribution in [3.05, 3.63) is 34.9 Å². The van der Waals surface area contributed by atoms with Crippen LogP contribution in [0.3, 0.4) is 0 Å². The quantitative estimate of drug-likeness (QED) is 0.772. The molecule has 0 aromatic heterocycles. The van der Waals surface area contributed by atoms with Gasteiger partial charge >= 0.3 is 0 Å². The molecule has 0 amide bonds. The average molecular weight is 270 g/mol. The Labute approximate surface area is 114 Å². The molecule has 0 spiro atoms. The molecule has 0 heterocycles. The molecule has 18 heavy (non-hydrogen) atoms. The second-order valence-corrected chi connectivity index (χ2v) is 4.29. The average Bonchev–Trinajstić information content (AvgIpc) is 2.42. The van der Waals surface area contributed by atoms with E-state index in [2.05, 4.69) is 5.32 Å². The predicted molar refractivity (Wildman–Crippen MR) is 75.7 cm³/mol. The fourth-order valence-electron chi connectivity index (χ4n) is 1.59. The van der Waals surface area contributed by atoms with Gasteiger partial charge in [0.25, 0.3) is 0 Å². The molecular weight excluding hydrogens is 250 g/mol. The van der Waals surface area contributed by atoms with E-state index in [-0.39, 0.29) is 0 Å². The van der Waals surface area contributed by atoms with Crippen molar-refractivity contribution in [3.8, 4) is 11.5 Å². The molecule has 0 bridgehead atoms. The van der Waals surface area contributed by atoms with E-state index in [1.165, 1.54) is 5.56 Å². The Hall–Kier alpha value is -1.19. The maximum Gasteiger partial charge on any atom is 0.160 e. The number of benzene rings is 1. The smallest absolute Gasteiger partial charge is 0.160 e. The van der Waals surface area contributed by atoms with Gasteiger partial charge in [-0.25, -0.2) is 0 Å². The van der Waals surface area contributed by atoms with Gasteiger partial charge in [-0.3, -0.25) is 0 Å². The zero-order chi connectivity index (χ0) is 13.4. The van der Waals surface area contributed by atoms with Crippen molar-refractivity contribution >= 4 is 11.6 Å². The summed E-state index contributed by atoms with van der Waals surface area (Å²) in [6.07, 6.45) is 0.940. The first-order valence-electron chi connectivity index (χ1n) is 5.88. The minimum atomic E-state index is 0.759. The van der Waals surface area contributed by atoms with E-state index in [0.717, 1.165) is 36.6 Å². The first-order valence-corrected chi connectivity index (χ1v) is 6.32. The van der Waals surface area contributed by atoms with Crippen LogP contribution in [0.2, 0.25) is 0 Å². The second-order valence-electron chi connectivity index (χ2n) is 4.07. The third-order valence-corrected chi connectivity index (χ3v) is 3.00. The number of hydrogen-bond donors (Lipinski definition) is 1. The molecule has 0 aliphatic heterocycles. The third-order valence-electron chi connectivity index (χ3n) is 2.63. The van der Waals surface area contributed by atoms with Crippen molar-refractivity contribution in [2.45, 2.75) is 13.3 Å². The van der Waals surface area contributed by atoms with Crippen molar-refractivity contribution in [2.24, 2.45) is 0 Å². The molecular formula is C14H20ClNO2. The Kier molecular flexibility index (Phi) is 6.61. The normalized spacial score (nSPS) is 11.4. The molecule has 0 saturated carbocycles. The molecule has 0 atom stereocenters. The predicted octanol–water partition coefficient (Wildman–Crippen LogP) is 2.98. The molecule has 0 aliphatic carbocycles. The van der Waals surface area contributed by atoms with Crippen molar-refractivity contribution in [2.75, 3.05) is 27.3 Å². The molecule has 1 N–H and O–H groups in total. The summed E-state index contributed by atoms with van der Waals surface area (Å²) in [5.41, 5.74) is 3.94. The van der Waals surface area contributed by atoms with Gasteiger partial charge in [-0.05, 0) is 43.2 Å². The molecule has 0 fully saturated rings. The SMILES string of the molecule is COc1ccc(CCNC/C(C)=C/Cl)cc1OC. The number of ether oxygens (including phenoxy) is 2. The van der Waals surface area contributed by atoms with Gasteiger partial charge in [-0.2, -0.15) is 0 Å². The number of halogens is 1. The van der Waals surface area contributed by atoms with Gasteiger partial charge in [-0.15, -0.1) is 0 Å². The molecule has 1 rings (SSSR count). The summed E-state index contributed by atoms with van der Waals surface area (Å²) in [6.45, 7) is 3.71. The fraction of sp³-hybridized carbons (Fsp3) is 0.429. The lowest BCUT2D eigenvalue weighted by Crippen LogP contribution is -2.19. The lowest BCUT2D eigenvalue weighted by atomic mass is 10.1. The fourth-order valence-corrected chi connectivity index (χ4v) is 1.67. The van der Waals surface area contributed by atoms with Gasteiger partial charge in [-0.1, -0.05) is 17.7 Å². The zero-order valence-electron chi connectivity index (χ0n) is 11.1. The Balaban J connectivity index is 2.48. The highest BCUT2D eigenvalue weighted by molar-refractivity contribution is 6.25. The highest BCUT2D eigenvalue weighted by Gasteiger charge is 2.04. The Morgan fingerprint density at radius 3 is 2.61 bits per heavy atom. The van der Waals surface area contributed by atoms with Crippen molar-refractivity contribution < 1.29 is 9.47 Å². The number of methoxy groups -OCH3 is 2. The number of rotatable bonds is 7. The van der Waals surface area contributed by atoms with Crippen LogP contribution in [-0.4, -0.2) is 27.3 Å². The minimum absolute atomic E-state index is 0.759. The van der Waals surface area contributed by atoms with Crippen LogP contribution in [0.4, 0.5) is 0 Å². The molecule has 1 aromatic rings. The molecule has 0 aliphatic rings. The first kappa shape index (κ1) is 14.9. The van der Waals surface area contributed by atoms with Gasteiger partial charge < -0.3 is 14.8 Å². The lowest BCUT2D eigenvalue weighted by molar-refractivity contribution is 0.354. The molecule has 100 valence electrons. The van der Waals surface area contributed by atoms with Crippen molar-refractivity contribution in [1.29, 1.82) is 0 Å². The van der Waals surface area contributed by atoms with Gasteiger partial charge in [0.2, 0.25) is 0 Å². The third kappa shape index (κ3) is 4.59. The van der Waals surface area contributed by atoms with E-state index < -0.39 is 0 Å². The van der Waals surface area contributed by atoms with Crippen LogP contribution in [0, 0.1) is 0 Å². The maximum atomic E-state index is 5.59. The summed E-state index contributed by atoms with van der Waals surface area (Å²) in [5, 5.41) is 3.33. The summed E-state index contributed by atoms with van der Waals surface area (Å²) >= 11 is 5.59. The monoisotopic (exact) mass is 269 g/mol. The van der Waals surface area contributed by atoms with E-state index >= 15 is 0 Å². The van der Waals surface area contributed by atoms with E-state index in [0.29, 0.717) is 0 Å². The Morgan fingerprint density at radius 1 is 1.28 bits per heavy atom. The molecule has 0 radical (unpaired) electrons. The standard InChI is InChI=1S/C14H20ClNO2/c1-11(9-15)10-16-7-6-12-4-5-13(17-2)14(8-12)18-3/h4-5,8-9,16H,6-7,10H2,1-3H3/b11-9+. The zero-order valence-corrected chi connectivity index (χ0v) is 11.9. The molecule has 0 saturated heterocycles. The largest absolute Gasteiger partial charge is 0.493 e. The number of hydrogen-bond acceptors (Lipinski definition) is 3. The van der Waals surface area contributed by atoms with Crippen LogP contribution >= 0.6 is 11.6 Å². The molecule has 3 nitrogen and oxygen atoms in total. The summed E-state index contributed by atoms with van der Waals surface area (Å²) < 4.78 is 10.5. The summed E-state index contributed by atoms with van der Waals surface area (Å²) in [5.74, 6) is 1.53. The van der Waals surface area contributed by atoms with Crippen molar-refractivity contribution in [1.82, 2.24) is 5.32 Å². The van der Waals surface area contributed by atoms with Crippen LogP contribution in [-0.2, 0) is 6.42 Å². The Morgan fingerprint density at radius 2 is 2.00 bits per heavy atom. The van der Waals surface area contributed by atoms with Crippen LogP contribution in [0.25, 0.3) is 0 Å². The Bertz CT molecular complexity index is 405. The molecule has 4 heteroatoms. The maximum absolute atomic E-state index is 5.59. The van der Waals surface area contributed by atoms with Crippen LogP contribution in [0.5, 0.6) is 11.5 Å². The van der Waals surface area contributed by atoms with Gasteiger partial charge in [0.15, 0.2) is 11.5 Å². The van der Waals surface area contributed by atoms with Crippen LogP contribution < -0.4 is 14.8 Å². The molecule has 1 aromatic carbocycles. The summed E-state index contributed by atoms with van der Waals surface area (Å²) in [6, 6.07) is 5.98. The van der Waals surface area contributed by atoms with E-state index in [1.807, 2.05) is 25.1 Å². The van der Waals surface area contributed by atoms with Crippen LogP contribution in [0.1, 0.15) is 12.5 Å². The van der Waals surface area contributed by atoms with E-state index in [4.69, 9.17) is 21.1 Å². The van der Waals surface area contributed by atoms with Crippen LogP contribution in [0.15, 0.2) is 29.3 Å². The van der Waals surface area contributed by atoms with Gasteiger partial charge in [0, 0.05) is 12.1 Å². The highest BCUT2D eigenvalue weighted by Crippen LogP contribution is 2.27. The minimum Gasteiger partial charge on any atom is -0.493 e. The van der Waals surface area contributed by atoms with Crippen molar-refractivity contribution in [3.63, 3.8) is 0 Å². The van der Waals surface area contributed by atoms with E-state index in [1.54, 1.807) is 19.8 Å². The van der Waals surface area contributed by atoms with E-state index in [9.17, 15) is 0 Å². The van der Waals surface area contributed by atoms with Gasteiger partial charge in [0.05, 0.1) is 14.2 Å². The number of nitrogens with one attached hydrogen (secondary N) is 1. The lowest BCUT2D eigenvalue weighted by Gasteiger charge is -2.10. The summed E-state index contributed by atoms with van der Waals surface area (Å²) in [7, 11) is 3.29. The topological polar surface area (TPSA) is 30.5 Å². The van der Waals surface area contributed by atoms with Gasteiger partial charge in [0.1, 0.15) is 0 Å². The second kappa shape index (κ2) is 8.01. The molecule has 0 unspecified atom stereocenters.